The molecule has 0 bridgehead atoms. The number of carbonyl (C=O) groups excluding carboxylic acids is 1. The smallest absolute Gasteiger partial charge is 0.263 e. The molecule has 0 aromatic carbocycles. The molecule has 2 aromatic rings. The fourth-order valence-electron chi connectivity index (χ4n) is 1.55. The first-order valence-electron chi connectivity index (χ1n) is 5.71. The summed E-state index contributed by atoms with van der Waals surface area (Å²) in [5.41, 5.74) is 0.632. The van der Waals surface area contributed by atoms with Crippen LogP contribution in [-0.4, -0.2) is 17.6 Å². The molecule has 0 atom stereocenters. The number of aliphatic hydroxyl groups is 1. The highest BCUT2D eigenvalue weighted by atomic mass is 32.1. The Bertz CT molecular complexity index is 630. The second-order valence-electron chi connectivity index (χ2n) is 3.82. The zero-order valence-corrected chi connectivity index (χ0v) is 11.2. The van der Waals surface area contributed by atoms with Crippen LogP contribution in [0, 0.1) is 18.8 Å². The Morgan fingerprint density at radius 2 is 2.32 bits per heavy atom. The minimum Gasteiger partial charge on any atom is -0.465 e. The molecular weight excluding hydrogens is 262 g/mol. The van der Waals surface area contributed by atoms with E-state index in [9.17, 15) is 4.79 Å². The maximum atomic E-state index is 12.0. The maximum Gasteiger partial charge on any atom is 0.263 e. The first kappa shape index (κ1) is 13.4. The third-order valence-corrected chi connectivity index (χ3v) is 3.31. The van der Waals surface area contributed by atoms with Crippen molar-refractivity contribution in [2.75, 3.05) is 6.61 Å². The van der Waals surface area contributed by atoms with E-state index in [1.165, 1.54) is 11.3 Å². The van der Waals surface area contributed by atoms with Crippen molar-refractivity contribution in [1.29, 1.82) is 0 Å². The van der Waals surface area contributed by atoms with Gasteiger partial charge in [-0.2, -0.15) is 0 Å². The summed E-state index contributed by atoms with van der Waals surface area (Å²) in [4.78, 5) is 12.5. The standard InChI is InChI=1S/C14H13NO3S/c1-10-4-5-12(18-10)9-15-14(17)13-11(3-2-7-16)6-8-19-13/h4-6,8,16H,7,9H2,1H3,(H,15,17). The number of aliphatic hydroxyl groups excluding tert-OH is 1. The summed E-state index contributed by atoms with van der Waals surface area (Å²) in [7, 11) is 0. The lowest BCUT2D eigenvalue weighted by atomic mass is 10.2. The number of rotatable bonds is 3. The molecule has 2 heterocycles. The van der Waals surface area contributed by atoms with Gasteiger partial charge in [-0.05, 0) is 30.5 Å². The minimum absolute atomic E-state index is 0.189. The SMILES string of the molecule is Cc1ccc(CNC(=O)c2sccc2C#CCO)o1. The number of furan rings is 1. The predicted molar refractivity (Wildman–Crippen MR) is 72.9 cm³/mol. The summed E-state index contributed by atoms with van der Waals surface area (Å²) in [5.74, 6) is 6.63. The number of amides is 1. The molecule has 0 saturated carbocycles. The van der Waals surface area contributed by atoms with Crippen molar-refractivity contribution in [3.05, 3.63) is 45.5 Å². The number of aryl methyl sites for hydroxylation is 1. The minimum atomic E-state index is -0.220. The van der Waals surface area contributed by atoms with Gasteiger partial charge in [-0.3, -0.25) is 4.79 Å². The molecule has 0 saturated heterocycles. The van der Waals surface area contributed by atoms with Crippen LogP contribution in [0.25, 0.3) is 0 Å². The Hall–Kier alpha value is -2.03. The Balaban J connectivity index is 2.02. The number of hydrogen-bond acceptors (Lipinski definition) is 4. The summed E-state index contributed by atoms with van der Waals surface area (Å²) in [5, 5.41) is 13.2. The van der Waals surface area contributed by atoms with E-state index >= 15 is 0 Å². The topological polar surface area (TPSA) is 62.5 Å². The van der Waals surface area contributed by atoms with Crippen LogP contribution < -0.4 is 5.32 Å². The fraction of sp³-hybridized carbons (Fsp3) is 0.214. The molecule has 0 fully saturated rings. The van der Waals surface area contributed by atoms with Crippen LogP contribution in [0.15, 0.2) is 28.0 Å². The largest absolute Gasteiger partial charge is 0.465 e. The summed E-state index contributed by atoms with van der Waals surface area (Å²) < 4.78 is 5.37. The van der Waals surface area contributed by atoms with Crippen LogP contribution in [0.2, 0.25) is 0 Å². The van der Waals surface area contributed by atoms with Gasteiger partial charge in [0.15, 0.2) is 0 Å². The van der Waals surface area contributed by atoms with E-state index in [1.807, 2.05) is 19.1 Å². The Kier molecular flexibility index (Phi) is 4.39. The lowest BCUT2D eigenvalue weighted by molar-refractivity contribution is 0.0951. The van der Waals surface area contributed by atoms with E-state index in [0.29, 0.717) is 22.7 Å². The van der Waals surface area contributed by atoms with E-state index in [0.717, 1.165) is 5.76 Å². The quantitative estimate of drug-likeness (QED) is 0.841. The zero-order valence-electron chi connectivity index (χ0n) is 10.4. The summed E-state index contributed by atoms with van der Waals surface area (Å²) in [6.45, 7) is 1.98. The molecule has 0 unspecified atom stereocenters. The molecule has 4 nitrogen and oxygen atoms in total. The van der Waals surface area contributed by atoms with Crippen molar-refractivity contribution >= 4 is 17.2 Å². The van der Waals surface area contributed by atoms with Gasteiger partial charge in [-0.15, -0.1) is 11.3 Å². The predicted octanol–water partition coefficient (Wildman–Crippen LogP) is 1.92. The average Bonchev–Trinajstić information content (AvgIpc) is 3.02. The van der Waals surface area contributed by atoms with Crippen LogP contribution in [0.4, 0.5) is 0 Å². The number of thiophene rings is 1. The van der Waals surface area contributed by atoms with Crippen LogP contribution in [0.3, 0.4) is 0 Å². The number of carbonyl (C=O) groups is 1. The van der Waals surface area contributed by atoms with Gasteiger partial charge in [0.1, 0.15) is 23.0 Å². The molecule has 0 radical (unpaired) electrons. The molecular formula is C14H13NO3S. The van der Waals surface area contributed by atoms with Crippen LogP contribution in [0.5, 0.6) is 0 Å². The lowest BCUT2D eigenvalue weighted by Gasteiger charge is -2.01. The van der Waals surface area contributed by atoms with Gasteiger partial charge >= 0.3 is 0 Å². The highest BCUT2D eigenvalue weighted by Crippen LogP contribution is 2.16. The molecule has 2 rings (SSSR count). The molecule has 19 heavy (non-hydrogen) atoms. The third kappa shape index (κ3) is 3.47. The van der Waals surface area contributed by atoms with Gasteiger partial charge in [0.25, 0.3) is 5.91 Å². The highest BCUT2D eigenvalue weighted by Gasteiger charge is 2.12. The molecule has 0 aliphatic carbocycles. The molecule has 2 aromatic heterocycles. The Morgan fingerprint density at radius 3 is 3.00 bits per heavy atom. The van der Waals surface area contributed by atoms with Gasteiger partial charge in [-0.25, -0.2) is 0 Å². The van der Waals surface area contributed by atoms with Gasteiger partial charge in [0.2, 0.25) is 0 Å². The van der Waals surface area contributed by atoms with Crippen molar-refractivity contribution in [2.45, 2.75) is 13.5 Å². The van der Waals surface area contributed by atoms with Gasteiger partial charge < -0.3 is 14.8 Å². The van der Waals surface area contributed by atoms with Crippen molar-refractivity contribution < 1.29 is 14.3 Å². The van der Waals surface area contributed by atoms with Crippen molar-refractivity contribution in [2.24, 2.45) is 0 Å². The lowest BCUT2D eigenvalue weighted by Crippen LogP contribution is -2.22. The summed E-state index contributed by atoms with van der Waals surface area (Å²) in [6, 6.07) is 5.45. The third-order valence-electron chi connectivity index (χ3n) is 2.39. The summed E-state index contributed by atoms with van der Waals surface area (Å²) in [6.07, 6.45) is 0. The van der Waals surface area contributed by atoms with E-state index in [1.54, 1.807) is 11.4 Å². The van der Waals surface area contributed by atoms with Gasteiger partial charge in [0.05, 0.1) is 6.54 Å². The monoisotopic (exact) mass is 275 g/mol. The van der Waals surface area contributed by atoms with Crippen molar-refractivity contribution in [3.63, 3.8) is 0 Å². The second-order valence-corrected chi connectivity index (χ2v) is 4.73. The maximum absolute atomic E-state index is 12.0. The van der Waals surface area contributed by atoms with Gasteiger partial charge in [0, 0.05) is 5.56 Å². The van der Waals surface area contributed by atoms with E-state index in [4.69, 9.17) is 9.52 Å². The van der Waals surface area contributed by atoms with E-state index < -0.39 is 0 Å². The molecule has 0 aliphatic heterocycles. The first-order chi connectivity index (χ1) is 9.20. The van der Waals surface area contributed by atoms with Crippen LogP contribution >= 0.6 is 11.3 Å². The van der Waals surface area contributed by atoms with Crippen LogP contribution in [-0.2, 0) is 6.54 Å². The molecule has 0 spiro atoms. The molecule has 0 aliphatic rings. The second kappa shape index (κ2) is 6.23. The molecule has 2 N–H and O–H groups in total. The van der Waals surface area contributed by atoms with Crippen molar-refractivity contribution in [3.8, 4) is 11.8 Å². The normalized spacial score (nSPS) is 9.79. The number of hydrogen-bond donors (Lipinski definition) is 2. The van der Waals surface area contributed by atoms with Gasteiger partial charge in [-0.1, -0.05) is 11.8 Å². The Labute approximate surface area is 115 Å². The first-order valence-corrected chi connectivity index (χ1v) is 6.59. The summed E-state index contributed by atoms with van der Waals surface area (Å²) >= 11 is 1.32. The molecule has 1 amide bonds. The molecule has 98 valence electrons. The Morgan fingerprint density at radius 1 is 1.47 bits per heavy atom. The van der Waals surface area contributed by atoms with Crippen LogP contribution in [0.1, 0.15) is 26.8 Å². The van der Waals surface area contributed by atoms with E-state index in [-0.39, 0.29) is 12.5 Å². The van der Waals surface area contributed by atoms with Crippen molar-refractivity contribution in [1.82, 2.24) is 5.32 Å². The zero-order chi connectivity index (χ0) is 13.7. The van der Waals surface area contributed by atoms with E-state index in [2.05, 4.69) is 17.2 Å². The molecule has 5 heteroatoms. The fourth-order valence-corrected chi connectivity index (χ4v) is 2.31. The highest BCUT2D eigenvalue weighted by molar-refractivity contribution is 7.12. The number of nitrogens with one attached hydrogen (secondary N) is 1. The average molecular weight is 275 g/mol.